The number of benzene rings is 2. The van der Waals surface area contributed by atoms with Crippen LogP contribution >= 0.6 is 0 Å². The Kier molecular flexibility index (Phi) is 13.0. The highest BCUT2D eigenvalue weighted by atomic mass is 16.5. The fourth-order valence-electron chi connectivity index (χ4n) is 2.32. The first-order valence-electron chi connectivity index (χ1n) is 9.39. The van der Waals surface area contributed by atoms with Crippen LogP contribution in [0.2, 0.25) is 0 Å². The molecule has 0 aliphatic carbocycles. The molecule has 0 bridgehead atoms. The second-order valence-corrected chi connectivity index (χ2v) is 5.41. The minimum Gasteiger partial charge on any atom is -0.509 e. The van der Waals surface area contributed by atoms with Crippen LogP contribution in [-0.4, -0.2) is 22.8 Å². The third-order valence-electron chi connectivity index (χ3n) is 3.45. The molecule has 0 fully saturated rings. The van der Waals surface area contributed by atoms with Gasteiger partial charge >= 0.3 is 5.97 Å². The van der Waals surface area contributed by atoms with E-state index >= 15 is 0 Å². The molecule has 5 nitrogen and oxygen atoms in total. The molecular weight excluding hydrogens is 366 g/mol. The number of aliphatic hydroxyl groups excluding tert-OH is 2. The Bertz CT molecular complexity index is 863. The predicted molar refractivity (Wildman–Crippen MR) is 116 cm³/mol. The highest BCUT2D eigenvalue weighted by Crippen LogP contribution is 2.27. The van der Waals surface area contributed by atoms with Gasteiger partial charge in [0.05, 0.1) is 24.3 Å². The quantitative estimate of drug-likeness (QED) is 0.393. The molecule has 29 heavy (non-hydrogen) atoms. The molecule has 0 aromatic heterocycles. The molecule has 0 saturated heterocycles. The number of hydrogen-bond acceptors (Lipinski definition) is 5. The second kappa shape index (κ2) is 14.7. The fourth-order valence-corrected chi connectivity index (χ4v) is 2.32. The van der Waals surface area contributed by atoms with Crippen molar-refractivity contribution >= 4 is 5.97 Å². The summed E-state index contributed by atoms with van der Waals surface area (Å²) in [6.45, 7) is 10.9. The van der Waals surface area contributed by atoms with Gasteiger partial charge in [0.25, 0.3) is 0 Å². The Morgan fingerprint density at radius 2 is 1.90 bits per heavy atom. The largest absolute Gasteiger partial charge is 0.509 e. The Balaban J connectivity index is 0.000000841. The average Bonchev–Trinajstić information content (AvgIpc) is 2.75. The molecule has 2 aromatic rings. The minimum absolute atomic E-state index is 0.0761. The zero-order valence-corrected chi connectivity index (χ0v) is 17.5. The highest BCUT2D eigenvalue weighted by Gasteiger charge is 2.16. The number of carbonyl (C=O) groups excluding carboxylic acids is 1. The van der Waals surface area contributed by atoms with Crippen LogP contribution < -0.4 is 0 Å². The molecule has 0 saturated carbocycles. The number of allylic oxidation sites excluding steroid dienone is 2. The van der Waals surface area contributed by atoms with E-state index in [-0.39, 0.29) is 30.1 Å². The van der Waals surface area contributed by atoms with Gasteiger partial charge in [0, 0.05) is 5.56 Å². The van der Waals surface area contributed by atoms with Gasteiger partial charge in [-0.15, -0.1) is 0 Å². The van der Waals surface area contributed by atoms with E-state index in [1.54, 1.807) is 49.4 Å². The van der Waals surface area contributed by atoms with E-state index in [2.05, 4.69) is 12.6 Å². The maximum atomic E-state index is 11.9. The fraction of sp³-hybridized carbons (Fsp3) is 0.250. The highest BCUT2D eigenvalue weighted by molar-refractivity contribution is 5.95. The van der Waals surface area contributed by atoms with E-state index in [1.165, 1.54) is 6.08 Å². The van der Waals surface area contributed by atoms with Crippen LogP contribution in [-0.2, 0) is 11.3 Å². The molecule has 0 aliphatic rings. The summed E-state index contributed by atoms with van der Waals surface area (Å²) in [6, 6.07) is 14.4. The topological polar surface area (TPSA) is 90.6 Å². The zero-order valence-electron chi connectivity index (χ0n) is 17.5. The molecule has 0 spiro atoms. The van der Waals surface area contributed by atoms with Crippen molar-refractivity contribution in [1.29, 1.82) is 5.26 Å². The molecule has 0 heterocycles. The van der Waals surface area contributed by atoms with Gasteiger partial charge in [0.1, 0.15) is 11.8 Å². The number of nitrogens with zero attached hydrogens (tertiary/aromatic N) is 1. The minimum atomic E-state index is -0.505. The van der Waals surface area contributed by atoms with Crippen LogP contribution in [0.1, 0.15) is 49.2 Å². The summed E-state index contributed by atoms with van der Waals surface area (Å²) < 4.78 is 4.98. The Labute approximate surface area is 173 Å². The third kappa shape index (κ3) is 8.46. The van der Waals surface area contributed by atoms with Crippen molar-refractivity contribution in [3.05, 3.63) is 83.6 Å². The number of ether oxygens (including phenoxy) is 1. The van der Waals surface area contributed by atoms with Crippen molar-refractivity contribution in [3.63, 3.8) is 0 Å². The molecule has 154 valence electrons. The average molecular weight is 395 g/mol. The van der Waals surface area contributed by atoms with Gasteiger partial charge in [0.15, 0.2) is 0 Å². The van der Waals surface area contributed by atoms with Crippen LogP contribution in [0.3, 0.4) is 0 Å². The van der Waals surface area contributed by atoms with Gasteiger partial charge < -0.3 is 14.9 Å². The van der Waals surface area contributed by atoms with E-state index in [0.717, 1.165) is 11.1 Å². The maximum absolute atomic E-state index is 11.9. The van der Waals surface area contributed by atoms with E-state index in [0.29, 0.717) is 5.56 Å². The molecule has 2 rings (SSSR count). The lowest BCUT2D eigenvalue weighted by Crippen LogP contribution is -2.07. The summed E-state index contributed by atoms with van der Waals surface area (Å²) in [7, 11) is 0. The Morgan fingerprint density at radius 3 is 2.38 bits per heavy atom. The molecule has 2 N–H and O–H groups in total. The van der Waals surface area contributed by atoms with Gasteiger partial charge in [-0.25, -0.2) is 4.79 Å². The number of carbonyl (C=O) groups is 1. The molecule has 0 radical (unpaired) electrons. The van der Waals surface area contributed by atoms with Gasteiger partial charge in [-0.2, -0.15) is 5.26 Å². The lowest BCUT2D eigenvalue weighted by molar-refractivity contribution is 0.0526. The van der Waals surface area contributed by atoms with Crippen LogP contribution in [0.15, 0.2) is 67.0 Å². The van der Waals surface area contributed by atoms with Crippen molar-refractivity contribution in [1.82, 2.24) is 0 Å². The smallest absolute Gasteiger partial charge is 0.339 e. The predicted octanol–water partition coefficient (Wildman–Crippen LogP) is 5.55. The SMILES string of the molecule is C=C(O)/C=C\C.CC.CCOC(=O)c1cccc(-c2cccc(CO)c2)c1C#N. The molecule has 2 aromatic carbocycles. The summed E-state index contributed by atoms with van der Waals surface area (Å²) in [5.41, 5.74) is 2.72. The third-order valence-corrected chi connectivity index (χ3v) is 3.45. The van der Waals surface area contributed by atoms with Crippen molar-refractivity contribution < 1.29 is 19.7 Å². The molecule has 0 amide bonds. The van der Waals surface area contributed by atoms with Crippen molar-refractivity contribution in [2.45, 2.75) is 34.3 Å². The van der Waals surface area contributed by atoms with Gasteiger partial charge in [0.2, 0.25) is 0 Å². The molecule has 0 atom stereocenters. The van der Waals surface area contributed by atoms with Crippen LogP contribution in [0.5, 0.6) is 0 Å². The maximum Gasteiger partial charge on any atom is 0.339 e. The van der Waals surface area contributed by atoms with Gasteiger partial charge in [-0.05, 0) is 43.2 Å². The molecular formula is C24H29NO4. The summed E-state index contributed by atoms with van der Waals surface area (Å²) >= 11 is 0. The molecule has 0 unspecified atom stereocenters. The number of aliphatic hydroxyl groups is 2. The van der Waals surface area contributed by atoms with Gasteiger partial charge in [-0.1, -0.05) is 56.8 Å². The monoisotopic (exact) mass is 395 g/mol. The van der Waals surface area contributed by atoms with Crippen LogP contribution in [0.4, 0.5) is 0 Å². The van der Waals surface area contributed by atoms with E-state index in [9.17, 15) is 15.2 Å². The van der Waals surface area contributed by atoms with E-state index in [1.807, 2.05) is 26.8 Å². The lowest BCUT2D eigenvalue weighted by Gasteiger charge is -2.10. The van der Waals surface area contributed by atoms with Crippen molar-refractivity contribution in [2.75, 3.05) is 6.61 Å². The second-order valence-electron chi connectivity index (χ2n) is 5.41. The van der Waals surface area contributed by atoms with Gasteiger partial charge in [-0.3, -0.25) is 0 Å². The first kappa shape index (κ1) is 25.6. The molecule has 0 aliphatic heterocycles. The summed E-state index contributed by atoms with van der Waals surface area (Å²) in [4.78, 5) is 11.9. The van der Waals surface area contributed by atoms with Crippen LogP contribution in [0.25, 0.3) is 11.1 Å². The Hall–Kier alpha value is -3.36. The first-order chi connectivity index (χ1) is 14.0. The number of esters is 1. The normalized spacial score (nSPS) is 9.38. The Morgan fingerprint density at radius 1 is 1.24 bits per heavy atom. The lowest BCUT2D eigenvalue weighted by atomic mass is 9.95. The van der Waals surface area contributed by atoms with Crippen LogP contribution in [0, 0.1) is 11.3 Å². The van der Waals surface area contributed by atoms with E-state index < -0.39 is 5.97 Å². The standard InChI is InChI=1S/C17H15NO3.C5H8O.C2H6/c1-2-21-17(20)15-8-4-7-14(16(15)10-18)13-6-3-5-12(9-13)11-19;1-3-4-5(2)6;1-2/h3-9,19H,2,11H2,1H3;3-4,6H,2H2,1H3;1-2H3/b;4-3-;. The van der Waals surface area contributed by atoms with E-state index in [4.69, 9.17) is 9.84 Å². The summed E-state index contributed by atoms with van der Waals surface area (Å²) in [6.07, 6.45) is 3.25. The van der Waals surface area contributed by atoms with Crippen molar-refractivity contribution in [2.24, 2.45) is 0 Å². The summed E-state index contributed by atoms with van der Waals surface area (Å²) in [5, 5.41) is 26.9. The molecule has 5 heteroatoms. The number of nitriles is 1. The zero-order chi connectivity index (χ0) is 22.2. The number of hydrogen-bond donors (Lipinski definition) is 2. The van der Waals surface area contributed by atoms with Crippen molar-refractivity contribution in [3.8, 4) is 17.2 Å². The number of rotatable bonds is 5. The first-order valence-corrected chi connectivity index (χ1v) is 9.39. The summed E-state index contributed by atoms with van der Waals surface area (Å²) in [5.74, 6) is -0.397.